The molecule has 3 aromatic heterocycles. The predicted molar refractivity (Wildman–Crippen MR) is 122 cm³/mol. The van der Waals surface area contributed by atoms with E-state index in [0.29, 0.717) is 33.1 Å². The van der Waals surface area contributed by atoms with Crippen molar-refractivity contribution < 1.29 is 9.59 Å². The highest BCUT2D eigenvalue weighted by Gasteiger charge is 2.28. The summed E-state index contributed by atoms with van der Waals surface area (Å²) >= 11 is 1.29. The van der Waals surface area contributed by atoms with Crippen LogP contribution in [0.5, 0.6) is 0 Å². The second-order valence-electron chi connectivity index (χ2n) is 7.98. The van der Waals surface area contributed by atoms with Gasteiger partial charge in [0.2, 0.25) is 0 Å². The Morgan fingerprint density at radius 1 is 1.03 bits per heavy atom. The van der Waals surface area contributed by atoms with E-state index in [4.69, 9.17) is 4.98 Å². The van der Waals surface area contributed by atoms with Gasteiger partial charge in [0.05, 0.1) is 22.3 Å². The predicted octanol–water partition coefficient (Wildman–Crippen LogP) is 3.66. The quantitative estimate of drug-likeness (QED) is 0.466. The standard InChI is InChI=1S/C23H22N6O2S/c1-12-18-16(11-17(14-9-10-14)25-20(18)29(3)28-12)21(30)26-27-22(31)19-13(2)24-23(32-19)15-7-5-4-6-8-15/h4-8,11,14H,9-10H2,1-3H3,(H,26,30)(H,27,31). The first-order valence-electron chi connectivity index (χ1n) is 10.4. The fraction of sp³-hybridized carbons (Fsp3) is 0.261. The number of rotatable bonds is 4. The fourth-order valence-electron chi connectivity index (χ4n) is 3.78. The summed E-state index contributed by atoms with van der Waals surface area (Å²) in [4.78, 5) is 35.5. The highest BCUT2D eigenvalue weighted by atomic mass is 32.1. The molecule has 3 heterocycles. The van der Waals surface area contributed by atoms with E-state index in [9.17, 15) is 9.59 Å². The molecule has 9 heteroatoms. The first kappa shape index (κ1) is 20.3. The smallest absolute Gasteiger partial charge is 0.267 e. The third kappa shape index (κ3) is 3.64. The van der Waals surface area contributed by atoms with Crippen molar-refractivity contribution in [2.24, 2.45) is 7.05 Å². The lowest BCUT2D eigenvalue weighted by Gasteiger charge is -2.09. The number of hydrogen-bond donors (Lipinski definition) is 2. The summed E-state index contributed by atoms with van der Waals surface area (Å²) in [5, 5.41) is 5.88. The number of aryl methyl sites for hydroxylation is 3. The lowest BCUT2D eigenvalue weighted by atomic mass is 10.1. The third-order valence-corrected chi connectivity index (χ3v) is 6.75. The number of thiazole rings is 1. The van der Waals surface area contributed by atoms with Gasteiger partial charge < -0.3 is 0 Å². The minimum atomic E-state index is -0.397. The topological polar surface area (TPSA) is 102 Å². The average Bonchev–Trinajstić information content (AvgIpc) is 3.52. The number of fused-ring (bicyclic) bond motifs is 1. The number of nitrogens with zero attached hydrogens (tertiary/aromatic N) is 4. The second-order valence-corrected chi connectivity index (χ2v) is 8.98. The second kappa shape index (κ2) is 7.83. The van der Waals surface area contributed by atoms with E-state index in [2.05, 4.69) is 20.9 Å². The third-order valence-electron chi connectivity index (χ3n) is 5.54. The number of aromatic nitrogens is 4. The maximum atomic E-state index is 13.1. The van der Waals surface area contributed by atoms with E-state index in [1.807, 2.05) is 50.4 Å². The van der Waals surface area contributed by atoms with Crippen molar-refractivity contribution in [2.45, 2.75) is 32.6 Å². The van der Waals surface area contributed by atoms with Gasteiger partial charge in [-0.25, -0.2) is 9.97 Å². The van der Waals surface area contributed by atoms with Crippen LogP contribution in [-0.4, -0.2) is 31.6 Å². The van der Waals surface area contributed by atoms with Crippen LogP contribution in [0.4, 0.5) is 0 Å². The van der Waals surface area contributed by atoms with Gasteiger partial charge in [-0.3, -0.25) is 25.1 Å². The van der Waals surface area contributed by atoms with Crippen molar-refractivity contribution in [1.82, 2.24) is 30.6 Å². The highest BCUT2D eigenvalue weighted by Crippen LogP contribution is 2.40. The van der Waals surface area contributed by atoms with Gasteiger partial charge in [-0.15, -0.1) is 11.3 Å². The van der Waals surface area contributed by atoms with E-state index in [1.54, 1.807) is 11.6 Å². The molecule has 1 aliphatic rings. The number of benzene rings is 1. The Kier molecular flexibility index (Phi) is 4.97. The van der Waals surface area contributed by atoms with Crippen molar-refractivity contribution >= 4 is 34.2 Å². The van der Waals surface area contributed by atoms with Gasteiger partial charge in [0.15, 0.2) is 5.65 Å². The number of hydrazine groups is 1. The van der Waals surface area contributed by atoms with E-state index in [1.165, 1.54) is 11.3 Å². The lowest BCUT2D eigenvalue weighted by molar-refractivity contribution is 0.0849. The summed E-state index contributed by atoms with van der Waals surface area (Å²) in [5.41, 5.74) is 9.43. The first-order valence-corrected chi connectivity index (χ1v) is 11.2. The number of nitrogens with one attached hydrogen (secondary N) is 2. The van der Waals surface area contributed by atoms with Crippen LogP contribution in [0, 0.1) is 13.8 Å². The Morgan fingerprint density at radius 2 is 1.75 bits per heavy atom. The molecule has 4 aromatic rings. The zero-order valence-corrected chi connectivity index (χ0v) is 18.8. The molecular weight excluding hydrogens is 424 g/mol. The molecule has 8 nitrogen and oxygen atoms in total. The summed E-state index contributed by atoms with van der Waals surface area (Å²) < 4.78 is 1.69. The molecule has 5 rings (SSSR count). The number of pyridine rings is 1. The first-order chi connectivity index (χ1) is 15.4. The van der Waals surface area contributed by atoms with Crippen molar-refractivity contribution in [3.05, 3.63) is 63.9 Å². The van der Waals surface area contributed by atoms with Crippen molar-refractivity contribution in [2.75, 3.05) is 0 Å². The Hall–Kier alpha value is -3.59. The zero-order valence-electron chi connectivity index (χ0n) is 18.0. The van der Waals surface area contributed by atoms with Crippen LogP contribution in [0.15, 0.2) is 36.4 Å². The van der Waals surface area contributed by atoms with Crippen LogP contribution < -0.4 is 10.9 Å². The number of carbonyl (C=O) groups excluding carboxylic acids is 2. The Labute approximate surface area is 188 Å². The summed E-state index contributed by atoms with van der Waals surface area (Å²) in [6.07, 6.45) is 2.14. The van der Waals surface area contributed by atoms with Gasteiger partial charge >= 0.3 is 0 Å². The molecule has 1 saturated carbocycles. The van der Waals surface area contributed by atoms with Gasteiger partial charge in [-0.05, 0) is 32.8 Å². The Balaban J connectivity index is 1.38. The van der Waals surface area contributed by atoms with E-state index in [-0.39, 0.29) is 0 Å². The Bertz CT molecular complexity index is 1350. The van der Waals surface area contributed by atoms with E-state index < -0.39 is 11.8 Å². The van der Waals surface area contributed by atoms with Crippen molar-refractivity contribution in [1.29, 1.82) is 0 Å². The van der Waals surface area contributed by atoms with Crippen LogP contribution in [0.1, 0.15) is 55.9 Å². The maximum Gasteiger partial charge on any atom is 0.281 e. The fourth-order valence-corrected chi connectivity index (χ4v) is 4.75. The van der Waals surface area contributed by atoms with Crippen molar-refractivity contribution in [3.8, 4) is 10.6 Å². The zero-order chi connectivity index (χ0) is 22.4. The minimum Gasteiger partial charge on any atom is -0.267 e. The number of amides is 2. The van der Waals surface area contributed by atoms with Crippen LogP contribution in [0.25, 0.3) is 21.6 Å². The molecule has 0 unspecified atom stereocenters. The van der Waals surface area contributed by atoms with Gasteiger partial charge in [0.1, 0.15) is 9.88 Å². The highest BCUT2D eigenvalue weighted by molar-refractivity contribution is 7.17. The largest absolute Gasteiger partial charge is 0.281 e. The van der Waals surface area contributed by atoms with Crippen LogP contribution in [0.2, 0.25) is 0 Å². The van der Waals surface area contributed by atoms with E-state index in [0.717, 1.165) is 34.8 Å². The summed E-state index contributed by atoms with van der Waals surface area (Å²) in [7, 11) is 1.82. The van der Waals surface area contributed by atoms with Crippen LogP contribution in [-0.2, 0) is 7.05 Å². The SMILES string of the molecule is Cc1nc(-c2ccccc2)sc1C(=O)NNC(=O)c1cc(C2CC2)nc2c1c(C)nn2C. The normalized spacial score (nSPS) is 13.3. The molecule has 0 aliphatic heterocycles. The summed E-state index contributed by atoms with van der Waals surface area (Å²) in [6, 6.07) is 11.5. The molecule has 1 aromatic carbocycles. The van der Waals surface area contributed by atoms with E-state index >= 15 is 0 Å². The molecule has 0 radical (unpaired) electrons. The molecular formula is C23H22N6O2S. The van der Waals surface area contributed by atoms with Crippen LogP contribution in [0.3, 0.4) is 0 Å². The van der Waals surface area contributed by atoms with Gasteiger partial charge in [-0.1, -0.05) is 30.3 Å². The molecule has 2 N–H and O–H groups in total. The van der Waals surface area contributed by atoms with Crippen molar-refractivity contribution in [3.63, 3.8) is 0 Å². The van der Waals surface area contributed by atoms with Gasteiger partial charge in [0, 0.05) is 24.2 Å². The molecule has 32 heavy (non-hydrogen) atoms. The molecule has 0 spiro atoms. The molecule has 1 fully saturated rings. The summed E-state index contributed by atoms with van der Waals surface area (Å²) in [5.74, 6) is -0.410. The van der Waals surface area contributed by atoms with Gasteiger partial charge in [0.25, 0.3) is 11.8 Å². The van der Waals surface area contributed by atoms with Gasteiger partial charge in [-0.2, -0.15) is 5.10 Å². The van der Waals surface area contributed by atoms with Crippen LogP contribution >= 0.6 is 11.3 Å². The molecule has 0 saturated heterocycles. The molecule has 0 bridgehead atoms. The Morgan fingerprint density at radius 3 is 2.47 bits per heavy atom. The monoisotopic (exact) mass is 446 g/mol. The maximum absolute atomic E-state index is 13.1. The molecule has 162 valence electrons. The number of hydrogen-bond acceptors (Lipinski definition) is 6. The molecule has 1 aliphatic carbocycles. The lowest BCUT2D eigenvalue weighted by Crippen LogP contribution is -2.41. The number of carbonyl (C=O) groups is 2. The minimum absolute atomic E-state index is 0.381. The average molecular weight is 447 g/mol. The molecule has 2 amide bonds. The summed E-state index contributed by atoms with van der Waals surface area (Å²) in [6.45, 7) is 3.63. The molecule has 0 atom stereocenters.